The molecule has 1 saturated heterocycles. The zero-order valence-corrected chi connectivity index (χ0v) is 25.4. The summed E-state index contributed by atoms with van der Waals surface area (Å²) in [6.07, 6.45) is 0. The molecule has 1 fully saturated rings. The molecule has 2 heterocycles. The standard InChI is InChI=1S/C29H33N5O4S2.ClH/c1-3-38-22-10-13-26-27(20-22)39-29(31-26)34-18-16-33(17-19-34)15-14-30-28(35)24-6-4-5-7-25(24)32-40(36,37)23-11-8-21(2)9-12-23;/h4-13,20,32H,3,14-19H2,1-2H3,(H,30,35);1H. The van der Waals surface area contributed by atoms with Gasteiger partial charge in [-0.15, -0.1) is 12.4 Å². The molecule has 2 N–H and O–H groups in total. The molecule has 218 valence electrons. The van der Waals surface area contributed by atoms with Crippen molar-refractivity contribution >= 4 is 60.7 Å². The first-order valence-electron chi connectivity index (χ1n) is 13.3. The molecular weight excluding hydrogens is 582 g/mol. The number of carbonyl (C=O) groups excluding carboxylic acids is 1. The highest BCUT2D eigenvalue weighted by molar-refractivity contribution is 7.92. The number of para-hydroxylation sites is 1. The highest BCUT2D eigenvalue weighted by Crippen LogP contribution is 2.32. The van der Waals surface area contributed by atoms with Crippen LogP contribution in [0.2, 0.25) is 0 Å². The van der Waals surface area contributed by atoms with Crippen LogP contribution in [0.3, 0.4) is 0 Å². The number of rotatable bonds is 10. The monoisotopic (exact) mass is 615 g/mol. The number of sulfonamides is 1. The third-order valence-corrected chi connectivity index (χ3v) is 9.22. The van der Waals surface area contributed by atoms with Gasteiger partial charge in [-0.1, -0.05) is 41.2 Å². The van der Waals surface area contributed by atoms with Crippen LogP contribution in [0.4, 0.5) is 10.8 Å². The average Bonchev–Trinajstić information content (AvgIpc) is 3.37. The Balaban J connectivity index is 0.00000387. The Hall–Kier alpha value is -3.38. The molecule has 0 spiro atoms. The maximum Gasteiger partial charge on any atom is 0.261 e. The van der Waals surface area contributed by atoms with Gasteiger partial charge in [0.15, 0.2) is 5.13 Å². The molecule has 9 nitrogen and oxygen atoms in total. The van der Waals surface area contributed by atoms with Crippen molar-refractivity contribution < 1.29 is 17.9 Å². The first-order valence-corrected chi connectivity index (χ1v) is 15.6. The number of thiazole rings is 1. The number of amides is 1. The SMILES string of the molecule is CCOc1ccc2nc(N3CCN(CCNC(=O)c4ccccc4NS(=O)(=O)c4ccc(C)cc4)CC3)sc2c1.Cl. The van der Waals surface area contributed by atoms with Crippen LogP contribution < -0.4 is 19.7 Å². The van der Waals surface area contributed by atoms with E-state index in [1.807, 2.05) is 32.0 Å². The number of benzene rings is 3. The summed E-state index contributed by atoms with van der Waals surface area (Å²) in [5, 5.41) is 3.96. The fourth-order valence-corrected chi connectivity index (χ4v) is 6.69. The van der Waals surface area contributed by atoms with E-state index in [1.54, 1.807) is 59.9 Å². The largest absolute Gasteiger partial charge is 0.494 e. The molecule has 0 saturated carbocycles. The van der Waals surface area contributed by atoms with Crippen molar-refractivity contribution in [1.82, 2.24) is 15.2 Å². The van der Waals surface area contributed by atoms with E-state index in [-0.39, 0.29) is 34.5 Å². The Kier molecular flexibility index (Phi) is 10.1. The van der Waals surface area contributed by atoms with Crippen molar-refractivity contribution in [3.8, 4) is 5.75 Å². The van der Waals surface area contributed by atoms with E-state index in [9.17, 15) is 13.2 Å². The summed E-state index contributed by atoms with van der Waals surface area (Å²) < 4.78 is 35.0. The third kappa shape index (κ3) is 7.48. The second kappa shape index (κ2) is 13.5. The summed E-state index contributed by atoms with van der Waals surface area (Å²) in [4.78, 5) is 22.5. The highest BCUT2D eigenvalue weighted by Gasteiger charge is 2.21. The zero-order valence-electron chi connectivity index (χ0n) is 23.0. The minimum atomic E-state index is -3.82. The first kappa shape index (κ1) is 30.6. The van der Waals surface area contributed by atoms with Gasteiger partial charge in [0.2, 0.25) is 0 Å². The molecule has 1 aromatic heterocycles. The second-order valence-electron chi connectivity index (χ2n) is 9.61. The molecule has 1 aliphatic heterocycles. The lowest BCUT2D eigenvalue weighted by Gasteiger charge is -2.34. The molecule has 5 rings (SSSR count). The van der Waals surface area contributed by atoms with Gasteiger partial charge in [0.1, 0.15) is 5.75 Å². The van der Waals surface area contributed by atoms with Crippen LogP contribution in [0.15, 0.2) is 71.6 Å². The highest BCUT2D eigenvalue weighted by atomic mass is 35.5. The van der Waals surface area contributed by atoms with Crippen molar-refractivity contribution in [3.63, 3.8) is 0 Å². The smallest absolute Gasteiger partial charge is 0.261 e. The van der Waals surface area contributed by atoms with Crippen LogP contribution in [0.25, 0.3) is 10.2 Å². The number of anilines is 2. The molecule has 0 atom stereocenters. The predicted octanol–water partition coefficient (Wildman–Crippen LogP) is 4.78. The number of carbonyl (C=O) groups is 1. The van der Waals surface area contributed by atoms with E-state index in [4.69, 9.17) is 9.72 Å². The number of halogens is 1. The summed E-state index contributed by atoms with van der Waals surface area (Å²) in [6, 6.07) is 19.2. The van der Waals surface area contributed by atoms with Crippen LogP contribution in [0.1, 0.15) is 22.8 Å². The third-order valence-electron chi connectivity index (χ3n) is 6.76. The van der Waals surface area contributed by atoms with E-state index in [1.165, 1.54) is 0 Å². The first-order chi connectivity index (χ1) is 19.3. The normalized spacial score (nSPS) is 14.0. The van der Waals surface area contributed by atoms with Crippen molar-refractivity contribution in [3.05, 3.63) is 77.9 Å². The van der Waals surface area contributed by atoms with Crippen LogP contribution in [-0.2, 0) is 10.0 Å². The molecular formula is C29H34ClN5O4S2. The topological polar surface area (TPSA) is 104 Å². The van der Waals surface area contributed by atoms with Gasteiger partial charge in [0.25, 0.3) is 15.9 Å². The van der Waals surface area contributed by atoms with Crippen LogP contribution in [-0.4, -0.2) is 70.1 Å². The van der Waals surface area contributed by atoms with Crippen LogP contribution in [0.5, 0.6) is 5.75 Å². The minimum absolute atomic E-state index is 0. The molecule has 0 unspecified atom stereocenters. The Morgan fingerprint density at radius 1 is 1.02 bits per heavy atom. The minimum Gasteiger partial charge on any atom is -0.494 e. The Morgan fingerprint density at radius 3 is 2.49 bits per heavy atom. The fourth-order valence-electron chi connectivity index (χ4n) is 4.56. The van der Waals surface area contributed by atoms with Gasteiger partial charge in [-0.05, 0) is 56.3 Å². The lowest BCUT2D eigenvalue weighted by molar-refractivity contribution is 0.0948. The van der Waals surface area contributed by atoms with Gasteiger partial charge < -0.3 is 15.0 Å². The van der Waals surface area contributed by atoms with Crippen LogP contribution in [0, 0.1) is 6.92 Å². The number of fused-ring (bicyclic) bond motifs is 1. The summed E-state index contributed by atoms with van der Waals surface area (Å²) >= 11 is 1.68. The summed E-state index contributed by atoms with van der Waals surface area (Å²) in [5.41, 5.74) is 2.48. The molecule has 1 amide bonds. The average molecular weight is 616 g/mol. The number of nitrogens with zero attached hydrogens (tertiary/aromatic N) is 3. The zero-order chi connectivity index (χ0) is 28.1. The lowest BCUT2D eigenvalue weighted by atomic mass is 10.1. The van der Waals surface area contributed by atoms with E-state index in [0.29, 0.717) is 19.7 Å². The maximum atomic E-state index is 13.0. The van der Waals surface area contributed by atoms with Gasteiger partial charge in [0.05, 0.1) is 33.0 Å². The van der Waals surface area contributed by atoms with Gasteiger partial charge in [-0.3, -0.25) is 14.4 Å². The second-order valence-corrected chi connectivity index (χ2v) is 12.3. The van der Waals surface area contributed by atoms with E-state index < -0.39 is 10.0 Å². The number of piperazine rings is 1. The van der Waals surface area contributed by atoms with Gasteiger partial charge in [0, 0.05) is 39.3 Å². The molecule has 3 aromatic carbocycles. The van der Waals surface area contributed by atoms with Crippen molar-refractivity contribution in [1.29, 1.82) is 0 Å². The Bertz CT molecular complexity index is 1590. The van der Waals surface area contributed by atoms with E-state index in [2.05, 4.69) is 19.8 Å². The number of hydrogen-bond acceptors (Lipinski definition) is 8. The number of ether oxygens (including phenoxy) is 1. The van der Waals surface area contributed by atoms with E-state index in [0.717, 1.165) is 52.8 Å². The van der Waals surface area contributed by atoms with Gasteiger partial charge >= 0.3 is 0 Å². The van der Waals surface area contributed by atoms with Gasteiger partial charge in [-0.25, -0.2) is 13.4 Å². The predicted molar refractivity (Wildman–Crippen MR) is 167 cm³/mol. The molecule has 0 aliphatic carbocycles. The number of aromatic nitrogens is 1. The summed E-state index contributed by atoms with van der Waals surface area (Å²) in [6.45, 7) is 9.11. The molecule has 4 aromatic rings. The molecule has 0 radical (unpaired) electrons. The summed E-state index contributed by atoms with van der Waals surface area (Å²) in [5.74, 6) is 0.546. The van der Waals surface area contributed by atoms with Crippen molar-refractivity contribution in [2.75, 3.05) is 55.5 Å². The Labute approximate surface area is 251 Å². The lowest BCUT2D eigenvalue weighted by Crippen LogP contribution is -2.48. The summed E-state index contributed by atoms with van der Waals surface area (Å²) in [7, 11) is -3.82. The quantitative estimate of drug-likeness (QED) is 0.265. The Morgan fingerprint density at radius 2 is 1.76 bits per heavy atom. The molecule has 0 bridgehead atoms. The number of hydrogen-bond donors (Lipinski definition) is 2. The number of nitrogens with one attached hydrogen (secondary N) is 2. The van der Waals surface area contributed by atoms with Crippen molar-refractivity contribution in [2.45, 2.75) is 18.7 Å². The maximum absolute atomic E-state index is 13.0. The van der Waals surface area contributed by atoms with Crippen molar-refractivity contribution in [2.24, 2.45) is 0 Å². The molecule has 41 heavy (non-hydrogen) atoms. The van der Waals surface area contributed by atoms with Crippen LogP contribution >= 0.6 is 23.7 Å². The molecule has 12 heteroatoms. The number of aryl methyl sites for hydroxylation is 1. The molecule has 1 aliphatic rings. The van der Waals surface area contributed by atoms with Gasteiger partial charge in [-0.2, -0.15) is 0 Å². The van der Waals surface area contributed by atoms with E-state index >= 15 is 0 Å². The fraction of sp³-hybridized carbons (Fsp3) is 0.310.